The number of hydrogen-bond donors (Lipinski definition) is 1. The van der Waals surface area contributed by atoms with E-state index >= 15 is 0 Å². The Labute approximate surface area is 248 Å². The zero-order valence-electron chi connectivity index (χ0n) is 22.4. The van der Waals surface area contributed by atoms with Crippen LogP contribution in [0.25, 0.3) is 11.1 Å². The van der Waals surface area contributed by atoms with Crippen LogP contribution in [0, 0.1) is 12.3 Å². The normalized spacial score (nSPS) is 20.4. The van der Waals surface area contributed by atoms with Crippen LogP contribution < -0.4 is 0 Å². The molecule has 0 saturated heterocycles. The van der Waals surface area contributed by atoms with Gasteiger partial charge in [-0.25, -0.2) is 0 Å². The van der Waals surface area contributed by atoms with Crippen LogP contribution in [-0.2, 0) is 15.6 Å². The van der Waals surface area contributed by atoms with Crippen molar-refractivity contribution in [2.24, 2.45) is 5.41 Å². The number of Topliss-reactive ketones (excluding diaryl/α,β-unsaturated/α-hetero) is 1. The molecular formula is C31H38KO2. The fourth-order valence-electron chi connectivity index (χ4n) is 5.66. The first-order chi connectivity index (χ1) is 15.2. The summed E-state index contributed by atoms with van der Waals surface area (Å²) in [5.41, 5.74) is 8.77. The van der Waals surface area contributed by atoms with E-state index in [1.807, 2.05) is 38.1 Å². The van der Waals surface area contributed by atoms with Gasteiger partial charge in [0.2, 0.25) is 0 Å². The second kappa shape index (κ2) is 9.48. The van der Waals surface area contributed by atoms with Crippen LogP contribution in [0.4, 0.5) is 0 Å². The predicted octanol–water partition coefficient (Wildman–Crippen LogP) is 7.68. The average molecular weight is 482 g/mol. The van der Waals surface area contributed by atoms with Crippen molar-refractivity contribution in [1.29, 1.82) is 0 Å². The molecule has 2 aliphatic carbocycles. The Balaban J connectivity index is 0.00000324. The molecule has 0 bridgehead atoms. The summed E-state index contributed by atoms with van der Waals surface area (Å²) in [5.74, 6) is 0.226. The topological polar surface area (TPSA) is 37.3 Å². The van der Waals surface area contributed by atoms with Gasteiger partial charge in [0, 0.05) is 64.2 Å². The van der Waals surface area contributed by atoms with Crippen molar-refractivity contribution in [2.75, 3.05) is 0 Å². The minimum atomic E-state index is -0.189. The monoisotopic (exact) mass is 481 g/mol. The second-order valence-corrected chi connectivity index (χ2v) is 12.3. The SMILES string of the molecule is C=C(c1ccc(C2=C(O)CC(C)(C)CC2=O)cc1)c1cc2c(cc1C)C(C)(C)CCC2(C)C.[K]. The zero-order chi connectivity index (χ0) is 24.3. The third kappa shape index (κ3) is 5.10. The van der Waals surface area contributed by atoms with E-state index < -0.39 is 0 Å². The van der Waals surface area contributed by atoms with Crippen molar-refractivity contribution in [3.8, 4) is 0 Å². The van der Waals surface area contributed by atoms with Gasteiger partial charge in [-0.3, -0.25) is 4.79 Å². The third-order valence-corrected chi connectivity index (χ3v) is 7.90. The Kier molecular flexibility index (Phi) is 7.70. The quantitative estimate of drug-likeness (QED) is 0.456. The van der Waals surface area contributed by atoms with E-state index in [9.17, 15) is 9.90 Å². The van der Waals surface area contributed by atoms with E-state index in [1.165, 1.54) is 35.1 Å². The number of carbonyl (C=O) groups is 1. The molecule has 0 spiro atoms. The number of aliphatic hydroxyl groups is 1. The number of aliphatic hydroxyl groups excluding tert-OH is 1. The van der Waals surface area contributed by atoms with Crippen LogP contribution in [0.2, 0.25) is 0 Å². The van der Waals surface area contributed by atoms with Gasteiger partial charge >= 0.3 is 0 Å². The first-order valence-electron chi connectivity index (χ1n) is 12.1. The summed E-state index contributed by atoms with van der Waals surface area (Å²) in [6.45, 7) is 20.1. The Morgan fingerprint density at radius 3 is 1.94 bits per heavy atom. The largest absolute Gasteiger partial charge is 0.512 e. The molecule has 0 heterocycles. The number of carbonyl (C=O) groups excluding carboxylic acids is 1. The maximum Gasteiger partial charge on any atom is 0.167 e. The summed E-state index contributed by atoms with van der Waals surface area (Å²) in [4.78, 5) is 12.7. The van der Waals surface area contributed by atoms with Crippen molar-refractivity contribution >= 4 is 68.3 Å². The summed E-state index contributed by atoms with van der Waals surface area (Å²) in [6.07, 6.45) is 3.37. The summed E-state index contributed by atoms with van der Waals surface area (Å²) in [7, 11) is 0. The molecule has 0 aromatic heterocycles. The predicted molar refractivity (Wildman–Crippen MR) is 144 cm³/mol. The first-order valence-corrected chi connectivity index (χ1v) is 12.1. The number of allylic oxidation sites excluding steroid dienone is 2. The van der Waals surface area contributed by atoms with Gasteiger partial charge in [0.15, 0.2) is 5.78 Å². The Bertz CT molecular complexity index is 1180. The fourth-order valence-corrected chi connectivity index (χ4v) is 5.66. The van der Waals surface area contributed by atoms with E-state index in [-0.39, 0.29) is 79.2 Å². The fraction of sp³-hybridized carbons (Fsp3) is 0.452. The summed E-state index contributed by atoms with van der Waals surface area (Å²) in [5, 5.41) is 10.6. The van der Waals surface area contributed by atoms with Crippen molar-refractivity contribution in [3.63, 3.8) is 0 Å². The molecule has 2 aromatic rings. The summed E-state index contributed by atoms with van der Waals surface area (Å²) >= 11 is 0. The molecule has 175 valence electrons. The number of hydrogen-bond acceptors (Lipinski definition) is 2. The molecule has 0 atom stereocenters. The smallest absolute Gasteiger partial charge is 0.167 e. The molecule has 2 aromatic carbocycles. The number of benzene rings is 2. The van der Waals surface area contributed by atoms with Crippen molar-refractivity contribution in [1.82, 2.24) is 0 Å². The average Bonchev–Trinajstić information content (AvgIpc) is 2.70. The van der Waals surface area contributed by atoms with Crippen molar-refractivity contribution in [2.45, 2.75) is 85.0 Å². The molecule has 0 unspecified atom stereocenters. The van der Waals surface area contributed by atoms with Gasteiger partial charge < -0.3 is 5.11 Å². The van der Waals surface area contributed by atoms with Crippen molar-refractivity contribution in [3.05, 3.63) is 82.1 Å². The van der Waals surface area contributed by atoms with Crippen LogP contribution >= 0.6 is 0 Å². The molecule has 0 saturated carbocycles. The zero-order valence-corrected chi connectivity index (χ0v) is 25.5. The van der Waals surface area contributed by atoms with Crippen LogP contribution in [0.5, 0.6) is 0 Å². The second-order valence-electron chi connectivity index (χ2n) is 12.3. The maximum absolute atomic E-state index is 12.7. The number of fused-ring (bicyclic) bond motifs is 1. The molecule has 1 N–H and O–H groups in total. The molecule has 0 aliphatic heterocycles. The molecule has 3 heteroatoms. The van der Waals surface area contributed by atoms with Gasteiger partial charge in [0.25, 0.3) is 0 Å². The van der Waals surface area contributed by atoms with Gasteiger partial charge in [0.1, 0.15) is 5.76 Å². The van der Waals surface area contributed by atoms with Gasteiger partial charge in [-0.2, -0.15) is 0 Å². The minimum Gasteiger partial charge on any atom is -0.512 e. The van der Waals surface area contributed by atoms with E-state index in [0.29, 0.717) is 18.4 Å². The minimum absolute atomic E-state index is 0. The summed E-state index contributed by atoms with van der Waals surface area (Å²) < 4.78 is 0. The van der Waals surface area contributed by atoms with E-state index in [0.717, 1.165) is 16.7 Å². The van der Waals surface area contributed by atoms with Crippen molar-refractivity contribution < 1.29 is 9.90 Å². The summed E-state index contributed by atoms with van der Waals surface area (Å²) in [6, 6.07) is 12.7. The van der Waals surface area contributed by atoms with Crippen LogP contribution in [0.1, 0.15) is 101 Å². The van der Waals surface area contributed by atoms with E-state index in [4.69, 9.17) is 0 Å². The Morgan fingerprint density at radius 2 is 1.41 bits per heavy atom. The molecule has 4 rings (SSSR count). The molecule has 2 nitrogen and oxygen atoms in total. The molecule has 0 fully saturated rings. The number of aryl methyl sites for hydroxylation is 1. The van der Waals surface area contributed by atoms with Gasteiger partial charge in [-0.15, -0.1) is 0 Å². The third-order valence-electron chi connectivity index (χ3n) is 7.90. The van der Waals surface area contributed by atoms with Crippen LogP contribution in [0.3, 0.4) is 0 Å². The van der Waals surface area contributed by atoms with E-state index in [2.05, 4.69) is 53.3 Å². The number of ketones is 1. The molecule has 0 amide bonds. The number of rotatable bonds is 3. The van der Waals surface area contributed by atoms with Gasteiger partial charge in [-0.05, 0) is 75.0 Å². The van der Waals surface area contributed by atoms with Crippen LogP contribution in [-0.4, -0.2) is 62.3 Å². The van der Waals surface area contributed by atoms with Crippen LogP contribution in [0.15, 0.2) is 48.7 Å². The van der Waals surface area contributed by atoms with Gasteiger partial charge in [-0.1, -0.05) is 84.5 Å². The molecule has 34 heavy (non-hydrogen) atoms. The maximum atomic E-state index is 12.7. The van der Waals surface area contributed by atoms with Gasteiger partial charge in [0.05, 0.1) is 5.57 Å². The Morgan fingerprint density at radius 1 is 0.882 bits per heavy atom. The molecular weight excluding hydrogens is 443 g/mol. The standard InChI is InChI=1S/C31H38O2.K/c1-19-15-24-25(31(7,8)14-13-30(24,5)6)16-23(19)20(2)21-9-11-22(12-10-21)28-26(32)17-29(3,4)18-27(28)33;/h9-12,15-16,32H,2,13-14,17-18H2,1,3-8H3;. The molecule has 2 aliphatic rings. The first kappa shape index (κ1) is 27.6. The Hall–Kier alpha value is -0.974. The molecule has 1 radical (unpaired) electrons. The van der Waals surface area contributed by atoms with E-state index in [1.54, 1.807) is 0 Å².